The Bertz CT molecular complexity index is 492. The van der Waals surface area contributed by atoms with Crippen LogP contribution in [0, 0.1) is 0 Å². The molecular weight excluding hydrogens is 258 g/mol. The number of amides is 2. The van der Waals surface area contributed by atoms with Crippen LogP contribution in [0.1, 0.15) is 17.9 Å². The van der Waals surface area contributed by atoms with Crippen molar-refractivity contribution in [1.29, 1.82) is 0 Å². The summed E-state index contributed by atoms with van der Waals surface area (Å²) in [5.74, 6) is -1.39. The van der Waals surface area contributed by atoms with E-state index in [0.29, 0.717) is 0 Å². The molecule has 0 aliphatic carbocycles. The average molecular weight is 277 g/mol. The van der Waals surface area contributed by atoms with Crippen LogP contribution in [-0.4, -0.2) is 47.1 Å². The van der Waals surface area contributed by atoms with Gasteiger partial charge in [-0.2, -0.15) is 0 Å². The molecule has 20 heavy (non-hydrogen) atoms. The first-order valence-electron chi connectivity index (χ1n) is 6.57. The lowest BCUT2D eigenvalue weighted by Crippen LogP contribution is -2.46. The predicted molar refractivity (Wildman–Crippen MR) is 73.6 cm³/mol. The Hall–Kier alpha value is -1.92. The molecule has 3 atom stereocenters. The maximum atomic E-state index is 12.6. The zero-order valence-electron chi connectivity index (χ0n) is 11.1. The first kappa shape index (κ1) is 14.5. The van der Waals surface area contributed by atoms with Gasteiger partial charge in [-0.15, -0.1) is 0 Å². The number of rotatable bonds is 4. The lowest BCUT2D eigenvalue weighted by atomic mass is 9.97. The van der Waals surface area contributed by atoms with Crippen LogP contribution < -0.4 is 11.5 Å². The number of primary amides is 1. The highest BCUT2D eigenvalue weighted by atomic mass is 16.3. The second-order valence-corrected chi connectivity index (χ2v) is 5.00. The Morgan fingerprint density at radius 3 is 2.55 bits per heavy atom. The number of hydrogen-bond donors (Lipinski definition) is 3. The van der Waals surface area contributed by atoms with Gasteiger partial charge in [0.25, 0.3) is 0 Å². The summed E-state index contributed by atoms with van der Waals surface area (Å²) in [6.45, 7) is 0.261. The summed E-state index contributed by atoms with van der Waals surface area (Å²) in [6.07, 6.45) is -0.529. The van der Waals surface area contributed by atoms with Crippen molar-refractivity contribution in [3.05, 3.63) is 35.9 Å². The standard InChI is InChI=1S/C14H19N3O3/c15-7-11(9-4-2-1-3-5-9)14(20)17-8-10(18)6-12(17)13(16)19/h1-5,10-12,18H,6-8,15H2,(H2,16,19). The minimum Gasteiger partial charge on any atom is -0.391 e. The second-order valence-electron chi connectivity index (χ2n) is 5.00. The first-order valence-corrected chi connectivity index (χ1v) is 6.57. The van der Waals surface area contributed by atoms with Gasteiger partial charge in [0, 0.05) is 19.5 Å². The molecule has 1 fully saturated rings. The molecule has 6 nitrogen and oxygen atoms in total. The highest BCUT2D eigenvalue weighted by molar-refractivity contribution is 5.90. The summed E-state index contributed by atoms with van der Waals surface area (Å²) in [4.78, 5) is 25.3. The minimum atomic E-state index is -0.754. The molecule has 0 spiro atoms. The van der Waals surface area contributed by atoms with Crippen LogP contribution in [0.4, 0.5) is 0 Å². The lowest BCUT2D eigenvalue weighted by molar-refractivity contribution is -0.138. The van der Waals surface area contributed by atoms with Gasteiger partial charge in [-0.3, -0.25) is 9.59 Å². The highest BCUT2D eigenvalue weighted by Crippen LogP contribution is 2.24. The quantitative estimate of drug-likeness (QED) is 0.667. The molecule has 108 valence electrons. The third-order valence-corrected chi connectivity index (χ3v) is 3.63. The van der Waals surface area contributed by atoms with Crippen LogP contribution in [0.25, 0.3) is 0 Å². The molecule has 1 aromatic rings. The molecule has 6 heteroatoms. The third-order valence-electron chi connectivity index (χ3n) is 3.63. The summed E-state index contributed by atoms with van der Waals surface area (Å²) in [5.41, 5.74) is 11.8. The minimum absolute atomic E-state index is 0.121. The number of hydrogen-bond acceptors (Lipinski definition) is 4. The van der Waals surface area contributed by atoms with E-state index < -0.39 is 24.0 Å². The molecule has 0 aromatic heterocycles. The van der Waals surface area contributed by atoms with Crippen LogP contribution >= 0.6 is 0 Å². The van der Waals surface area contributed by atoms with Gasteiger partial charge >= 0.3 is 0 Å². The Morgan fingerprint density at radius 2 is 2.00 bits per heavy atom. The number of aliphatic hydroxyl groups is 1. The average Bonchev–Trinajstić information content (AvgIpc) is 2.83. The summed E-state index contributed by atoms with van der Waals surface area (Å²) in [6, 6.07) is 8.40. The van der Waals surface area contributed by atoms with Gasteiger partial charge in [0.15, 0.2) is 0 Å². The van der Waals surface area contributed by atoms with Crippen molar-refractivity contribution < 1.29 is 14.7 Å². The number of β-amino-alcohol motifs (C(OH)–C–C–N with tert-alkyl or cyclic N) is 1. The Kier molecular flexibility index (Phi) is 4.36. The van der Waals surface area contributed by atoms with E-state index in [1.807, 2.05) is 30.3 Å². The van der Waals surface area contributed by atoms with E-state index in [-0.39, 0.29) is 25.4 Å². The molecule has 1 aliphatic heterocycles. The number of likely N-dealkylation sites (tertiary alicyclic amines) is 1. The van der Waals surface area contributed by atoms with E-state index in [1.165, 1.54) is 4.90 Å². The van der Waals surface area contributed by atoms with E-state index in [2.05, 4.69) is 0 Å². The fourth-order valence-electron chi connectivity index (χ4n) is 2.59. The smallest absolute Gasteiger partial charge is 0.240 e. The monoisotopic (exact) mass is 277 g/mol. The number of carbonyl (C=O) groups is 2. The number of benzene rings is 1. The van der Waals surface area contributed by atoms with Crippen molar-refractivity contribution in [2.45, 2.75) is 24.5 Å². The fourth-order valence-corrected chi connectivity index (χ4v) is 2.59. The fraction of sp³-hybridized carbons (Fsp3) is 0.429. The van der Waals surface area contributed by atoms with Crippen molar-refractivity contribution in [3.63, 3.8) is 0 Å². The van der Waals surface area contributed by atoms with Gasteiger partial charge in [0.2, 0.25) is 11.8 Å². The summed E-state index contributed by atoms with van der Waals surface area (Å²) in [7, 11) is 0. The van der Waals surface area contributed by atoms with Crippen molar-refractivity contribution in [2.75, 3.05) is 13.1 Å². The maximum absolute atomic E-state index is 12.6. The van der Waals surface area contributed by atoms with Crippen molar-refractivity contribution in [2.24, 2.45) is 11.5 Å². The molecule has 2 amide bonds. The van der Waals surface area contributed by atoms with E-state index in [9.17, 15) is 14.7 Å². The first-order chi connectivity index (χ1) is 9.54. The van der Waals surface area contributed by atoms with Crippen molar-refractivity contribution in [3.8, 4) is 0 Å². The Balaban J connectivity index is 2.22. The molecule has 5 N–H and O–H groups in total. The zero-order valence-corrected chi connectivity index (χ0v) is 11.1. The van der Waals surface area contributed by atoms with Gasteiger partial charge < -0.3 is 21.5 Å². The second kappa shape index (κ2) is 6.02. The van der Waals surface area contributed by atoms with E-state index in [0.717, 1.165) is 5.56 Å². The van der Waals surface area contributed by atoms with E-state index in [1.54, 1.807) is 0 Å². The molecule has 2 rings (SSSR count). The molecule has 1 saturated heterocycles. The molecule has 3 unspecified atom stereocenters. The van der Waals surface area contributed by atoms with Gasteiger partial charge in [0.1, 0.15) is 6.04 Å². The lowest BCUT2D eigenvalue weighted by Gasteiger charge is -2.26. The van der Waals surface area contributed by atoms with E-state index in [4.69, 9.17) is 11.5 Å². The van der Waals surface area contributed by atoms with Gasteiger partial charge in [-0.25, -0.2) is 0 Å². The number of nitrogens with two attached hydrogens (primary N) is 2. The number of nitrogens with zero attached hydrogens (tertiary/aromatic N) is 1. The summed E-state index contributed by atoms with van der Waals surface area (Å²) < 4.78 is 0. The third kappa shape index (κ3) is 2.81. The van der Waals surface area contributed by atoms with Crippen molar-refractivity contribution in [1.82, 2.24) is 4.90 Å². The normalized spacial score (nSPS) is 23.6. The van der Waals surface area contributed by atoms with Gasteiger partial charge in [-0.05, 0) is 5.56 Å². The molecule has 1 aliphatic rings. The number of carbonyl (C=O) groups excluding carboxylic acids is 2. The van der Waals surface area contributed by atoms with Crippen LogP contribution in [0.2, 0.25) is 0 Å². The van der Waals surface area contributed by atoms with Gasteiger partial charge in [0.05, 0.1) is 12.0 Å². The Morgan fingerprint density at radius 1 is 1.35 bits per heavy atom. The predicted octanol–water partition coefficient (Wildman–Crippen LogP) is -0.824. The Labute approximate surface area is 117 Å². The van der Waals surface area contributed by atoms with Crippen LogP contribution in [0.3, 0.4) is 0 Å². The molecular formula is C14H19N3O3. The summed E-state index contributed by atoms with van der Waals surface area (Å²) >= 11 is 0. The van der Waals surface area contributed by atoms with Crippen LogP contribution in [-0.2, 0) is 9.59 Å². The SMILES string of the molecule is NCC(C(=O)N1CC(O)CC1C(N)=O)c1ccccc1. The molecule has 1 aromatic carbocycles. The number of aliphatic hydroxyl groups excluding tert-OH is 1. The highest BCUT2D eigenvalue weighted by Gasteiger charge is 2.40. The van der Waals surface area contributed by atoms with Gasteiger partial charge in [-0.1, -0.05) is 30.3 Å². The molecule has 0 bridgehead atoms. The molecule has 1 heterocycles. The van der Waals surface area contributed by atoms with Crippen LogP contribution in [0.15, 0.2) is 30.3 Å². The zero-order chi connectivity index (χ0) is 14.7. The maximum Gasteiger partial charge on any atom is 0.240 e. The topological polar surface area (TPSA) is 110 Å². The van der Waals surface area contributed by atoms with Crippen LogP contribution in [0.5, 0.6) is 0 Å². The largest absolute Gasteiger partial charge is 0.391 e. The molecule has 0 saturated carbocycles. The van der Waals surface area contributed by atoms with Crippen molar-refractivity contribution >= 4 is 11.8 Å². The van der Waals surface area contributed by atoms with E-state index >= 15 is 0 Å². The molecule has 0 radical (unpaired) electrons. The summed E-state index contributed by atoms with van der Waals surface area (Å²) in [5, 5.41) is 9.66.